The molecule has 2 aromatic carbocycles. The molecular formula is C17H13Cl3O4. The molecule has 0 heterocycles. The molecule has 0 spiro atoms. The molecule has 0 saturated carbocycles. The number of hydrogen-bond donors (Lipinski definition) is 0. The SMILES string of the molecule is CC(Oc1ccc(Cl)cc1Cl)C(=O)OCC(=O)c1ccc(Cl)cc1. The second kappa shape index (κ2) is 8.38. The minimum atomic E-state index is -0.929. The van der Waals surface area contributed by atoms with Gasteiger partial charge in [0.2, 0.25) is 0 Å². The van der Waals surface area contributed by atoms with Crippen LogP contribution in [-0.2, 0) is 9.53 Å². The molecule has 4 nitrogen and oxygen atoms in total. The van der Waals surface area contributed by atoms with Gasteiger partial charge in [0.25, 0.3) is 0 Å². The Kier molecular flexibility index (Phi) is 6.49. The number of hydrogen-bond acceptors (Lipinski definition) is 4. The average Bonchev–Trinajstić information content (AvgIpc) is 2.55. The Bertz CT molecular complexity index is 744. The first-order valence-electron chi connectivity index (χ1n) is 6.94. The Morgan fingerprint density at radius 2 is 1.62 bits per heavy atom. The normalized spacial score (nSPS) is 11.7. The Balaban J connectivity index is 1.89. The van der Waals surface area contributed by atoms with E-state index in [0.29, 0.717) is 21.4 Å². The van der Waals surface area contributed by atoms with Gasteiger partial charge in [-0.05, 0) is 49.4 Å². The third-order valence-electron chi connectivity index (χ3n) is 3.04. The molecule has 0 saturated heterocycles. The summed E-state index contributed by atoms with van der Waals surface area (Å²) in [4.78, 5) is 23.9. The van der Waals surface area contributed by atoms with E-state index in [0.717, 1.165) is 0 Å². The smallest absolute Gasteiger partial charge is 0.347 e. The van der Waals surface area contributed by atoms with Crippen molar-refractivity contribution in [2.24, 2.45) is 0 Å². The number of benzene rings is 2. The summed E-state index contributed by atoms with van der Waals surface area (Å²) in [5, 5.41) is 1.25. The van der Waals surface area contributed by atoms with E-state index in [1.165, 1.54) is 13.0 Å². The quantitative estimate of drug-likeness (QED) is 0.526. The summed E-state index contributed by atoms with van der Waals surface area (Å²) in [6, 6.07) is 10.9. The first-order valence-corrected chi connectivity index (χ1v) is 8.07. The highest BCUT2D eigenvalue weighted by Gasteiger charge is 2.19. The fraction of sp³-hybridized carbons (Fsp3) is 0.176. The molecule has 24 heavy (non-hydrogen) atoms. The topological polar surface area (TPSA) is 52.6 Å². The highest BCUT2D eigenvalue weighted by molar-refractivity contribution is 6.35. The number of ketones is 1. The number of Topliss-reactive ketones (excluding diaryl/α,β-unsaturated/α-hetero) is 1. The van der Waals surface area contributed by atoms with E-state index in [-0.39, 0.29) is 17.4 Å². The number of halogens is 3. The fourth-order valence-electron chi connectivity index (χ4n) is 1.78. The van der Waals surface area contributed by atoms with Gasteiger partial charge in [-0.3, -0.25) is 4.79 Å². The second-order valence-corrected chi connectivity index (χ2v) is 6.15. The maximum Gasteiger partial charge on any atom is 0.347 e. The lowest BCUT2D eigenvalue weighted by Gasteiger charge is -2.14. The summed E-state index contributed by atoms with van der Waals surface area (Å²) in [7, 11) is 0. The van der Waals surface area contributed by atoms with Crippen molar-refractivity contribution in [3.63, 3.8) is 0 Å². The lowest BCUT2D eigenvalue weighted by Crippen LogP contribution is -2.28. The van der Waals surface area contributed by atoms with E-state index in [9.17, 15) is 9.59 Å². The van der Waals surface area contributed by atoms with Crippen LogP contribution in [0.4, 0.5) is 0 Å². The Hall–Kier alpha value is -1.75. The highest BCUT2D eigenvalue weighted by atomic mass is 35.5. The molecule has 126 valence electrons. The number of rotatable bonds is 6. The van der Waals surface area contributed by atoms with E-state index in [4.69, 9.17) is 44.3 Å². The zero-order chi connectivity index (χ0) is 17.7. The molecule has 1 atom stereocenters. The minimum Gasteiger partial charge on any atom is -0.477 e. The third-order valence-corrected chi connectivity index (χ3v) is 3.82. The molecule has 2 rings (SSSR count). The zero-order valence-electron chi connectivity index (χ0n) is 12.6. The predicted molar refractivity (Wildman–Crippen MR) is 93.3 cm³/mol. The van der Waals surface area contributed by atoms with Gasteiger partial charge >= 0.3 is 5.97 Å². The largest absolute Gasteiger partial charge is 0.477 e. The minimum absolute atomic E-state index is 0.277. The Labute approximate surface area is 154 Å². The maximum atomic E-state index is 11.9. The Morgan fingerprint density at radius 1 is 1.00 bits per heavy atom. The van der Waals surface area contributed by atoms with Crippen LogP contribution in [0.3, 0.4) is 0 Å². The molecule has 0 radical (unpaired) electrons. The second-order valence-electron chi connectivity index (χ2n) is 4.87. The maximum absolute atomic E-state index is 11.9. The third kappa shape index (κ3) is 5.13. The van der Waals surface area contributed by atoms with Crippen LogP contribution < -0.4 is 4.74 Å². The highest BCUT2D eigenvalue weighted by Crippen LogP contribution is 2.28. The van der Waals surface area contributed by atoms with Gasteiger partial charge in [-0.15, -0.1) is 0 Å². The molecule has 7 heteroatoms. The van der Waals surface area contributed by atoms with Crippen molar-refractivity contribution in [3.8, 4) is 5.75 Å². The van der Waals surface area contributed by atoms with E-state index in [1.807, 2.05) is 0 Å². The van der Waals surface area contributed by atoms with Gasteiger partial charge in [0.1, 0.15) is 5.75 Å². The standard InChI is InChI=1S/C17H13Cl3O4/c1-10(24-16-7-6-13(19)8-14(16)20)17(22)23-9-15(21)11-2-4-12(18)5-3-11/h2-8,10H,9H2,1H3. The monoisotopic (exact) mass is 386 g/mol. The Morgan fingerprint density at radius 3 is 2.25 bits per heavy atom. The summed E-state index contributed by atoms with van der Waals surface area (Å²) < 4.78 is 10.4. The molecule has 1 unspecified atom stereocenters. The van der Waals surface area contributed by atoms with Crippen molar-refractivity contribution in [2.75, 3.05) is 6.61 Å². The summed E-state index contributed by atoms with van der Waals surface area (Å²) in [6.45, 7) is 1.11. The van der Waals surface area contributed by atoms with Crippen LogP contribution >= 0.6 is 34.8 Å². The zero-order valence-corrected chi connectivity index (χ0v) is 14.9. The van der Waals surface area contributed by atoms with Crippen LogP contribution in [0, 0.1) is 0 Å². The van der Waals surface area contributed by atoms with Gasteiger partial charge in [-0.25, -0.2) is 4.79 Å². The van der Waals surface area contributed by atoms with Crippen LogP contribution in [-0.4, -0.2) is 24.5 Å². The first-order chi connectivity index (χ1) is 11.4. The number of ether oxygens (including phenoxy) is 2. The molecular weight excluding hydrogens is 375 g/mol. The first kappa shape index (κ1) is 18.6. The van der Waals surface area contributed by atoms with Gasteiger partial charge < -0.3 is 9.47 Å². The molecule has 0 fully saturated rings. The van der Waals surface area contributed by atoms with Crippen molar-refractivity contribution in [2.45, 2.75) is 13.0 Å². The van der Waals surface area contributed by atoms with Crippen molar-refractivity contribution in [3.05, 3.63) is 63.1 Å². The molecule has 0 aliphatic heterocycles. The van der Waals surface area contributed by atoms with Crippen LogP contribution in [0.15, 0.2) is 42.5 Å². The molecule has 0 aliphatic rings. The van der Waals surface area contributed by atoms with Crippen LogP contribution in [0.1, 0.15) is 17.3 Å². The molecule has 0 N–H and O–H groups in total. The predicted octanol–water partition coefficient (Wildman–Crippen LogP) is 4.84. The van der Waals surface area contributed by atoms with Crippen LogP contribution in [0.5, 0.6) is 5.75 Å². The van der Waals surface area contributed by atoms with Gasteiger partial charge in [-0.1, -0.05) is 34.8 Å². The van der Waals surface area contributed by atoms with Crippen molar-refractivity contribution in [1.29, 1.82) is 0 Å². The number of carbonyl (C=O) groups is 2. The van der Waals surface area contributed by atoms with Crippen molar-refractivity contribution < 1.29 is 19.1 Å². The number of carbonyl (C=O) groups excluding carboxylic acids is 2. The van der Waals surface area contributed by atoms with Gasteiger partial charge in [0.05, 0.1) is 5.02 Å². The lowest BCUT2D eigenvalue weighted by atomic mass is 10.1. The van der Waals surface area contributed by atoms with E-state index in [1.54, 1.807) is 36.4 Å². The molecule has 2 aromatic rings. The lowest BCUT2D eigenvalue weighted by molar-refractivity contribution is -0.149. The van der Waals surface area contributed by atoms with Gasteiger partial charge in [0, 0.05) is 15.6 Å². The molecule has 0 aliphatic carbocycles. The molecule has 0 bridgehead atoms. The molecule has 0 amide bonds. The van der Waals surface area contributed by atoms with Gasteiger partial charge in [-0.2, -0.15) is 0 Å². The van der Waals surface area contributed by atoms with E-state index in [2.05, 4.69) is 0 Å². The summed E-state index contributed by atoms with van der Waals surface area (Å²) in [5.74, 6) is -0.713. The molecule has 0 aromatic heterocycles. The number of esters is 1. The van der Waals surface area contributed by atoms with Crippen LogP contribution in [0.2, 0.25) is 15.1 Å². The van der Waals surface area contributed by atoms with Crippen molar-refractivity contribution >= 4 is 46.6 Å². The van der Waals surface area contributed by atoms with E-state index >= 15 is 0 Å². The summed E-state index contributed by atoms with van der Waals surface area (Å²) in [5.41, 5.74) is 0.404. The summed E-state index contributed by atoms with van der Waals surface area (Å²) in [6.07, 6.45) is -0.929. The fourth-order valence-corrected chi connectivity index (χ4v) is 2.36. The van der Waals surface area contributed by atoms with Crippen LogP contribution in [0.25, 0.3) is 0 Å². The summed E-state index contributed by atoms with van der Waals surface area (Å²) >= 11 is 17.5. The van der Waals surface area contributed by atoms with Crippen molar-refractivity contribution in [1.82, 2.24) is 0 Å². The van der Waals surface area contributed by atoms with Gasteiger partial charge in [0.15, 0.2) is 18.5 Å². The van der Waals surface area contributed by atoms with E-state index < -0.39 is 12.1 Å². The average molecular weight is 388 g/mol.